The van der Waals surface area contributed by atoms with Gasteiger partial charge >= 0.3 is 6.09 Å². The number of nitrogens with two attached hydrogens (primary N) is 1. The molecule has 13 heteroatoms. The predicted octanol–water partition coefficient (Wildman–Crippen LogP) is 2.16. The summed E-state index contributed by atoms with van der Waals surface area (Å²) in [6.07, 6.45) is 0.800. The van der Waals surface area contributed by atoms with Crippen LogP contribution >= 0.6 is 11.3 Å². The number of carbonyl (C=O) groups is 3. The van der Waals surface area contributed by atoms with E-state index in [1.165, 1.54) is 28.4 Å². The number of hydrogen-bond acceptors (Lipinski definition) is 8. The molecular formula is C23H28N4O7S2. The van der Waals surface area contributed by atoms with Crippen LogP contribution in [0.4, 0.5) is 9.80 Å². The van der Waals surface area contributed by atoms with Crippen LogP contribution in [0.15, 0.2) is 29.2 Å². The van der Waals surface area contributed by atoms with E-state index in [2.05, 4.69) is 5.32 Å². The first-order valence-corrected chi connectivity index (χ1v) is 13.8. The number of ether oxygens (including phenoxy) is 2. The van der Waals surface area contributed by atoms with Crippen molar-refractivity contribution in [3.63, 3.8) is 0 Å². The van der Waals surface area contributed by atoms with Crippen molar-refractivity contribution in [3.8, 4) is 5.75 Å². The molecule has 2 aromatic rings. The van der Waals surface area contributed by atoms with Gasteiger partial charge in [-0.1, -0.05) is 0 Å². The number of sulfonamides is 1. The average molecular weight is 537 g/mol. The van der Waals surface area contributed by atoms with Crippen molar-refractivity contribution < 1.29 is 32.3 Å². The molecule has 1 unspecified atom stereocenters. The summed E-state index contributed by atoms with van der Waals surface area (Å²) >= 11 is 1.16. The largest absolute Gasteiger partial charge is 0.497 e. The summed E-state index contributed by atoms with van der Waals surface area (Å²) in [7, 11) is -2.44. The fourth-order valence-corrected chi connectivity index (χ4v) is 7.42. The number of fused-ring (bicyclic) bond motifs is 1. The summed E-state index contributed by atoms with van der Waals surface area (Å²) in [6, 6.07) is 5.04. The number of primary amides is 1. The standard InChI is InChI=1S/C23H28N4O7S2/c1-3-34-23(30)26-12-10-16-18(13-26)35-22(19(16)20(24)28)25-21(29)17-5-4-11-27(17)36(31,32)15-8-6-14(33-2)7-9-15/h6-9,17H,3-5,10-13H2,1-2H3,(H2,24,28)(H,25,29). The zero-order chi connectivity index (χ0) is 26.0. The van der Waals surface area contributed by atoms with E-state index in [0.717, 1.165) is 16.2 Å². The lowest BCUT2D eigenvalue weighted by Crippen LogP contribution is -2.43. The van der Waals surface area contributed by atoms with E-state index in [1.54, 1.807) is 19.1 Å². The quantitative estimate of drug-likeness (QED) is 0.551. The highest BCUT2D eigenvalue weighted by molar-refractivity contribution is 7.89. The number of amides is 3. The van der Waals surface area contributed by atoms with Crippen molar-refractivity contribution in [2.45, 2.75) is 43.7 Å². The third-order valence-corrected chi connectivity index (χ3v) is 9.29. The van der Waals surface area contributed by atoms with Crippen LogP contribution in [0.2, 0.25) is 0 Å². The molecule has 0 aliphatic carbocycles. The Balaban J connectivity index is 1.56. The Morgan fingerprint density at radius 2 is 1.92 bits per heavy atom. The van der Waals surface area contributed by atoms with Gasteiger partial charge < -0.3 is 25.4 Å². The summed E-state index contributed by atoms with van der Waals surface area (Å²) < 4.78 is 37.9. The molecule has 194 valence electrons. The van der Waals surface area contributed by atoms with Gasteiger partial charge in [0.25, 0.3) is 5.91 Å². The number of benzene rings is 1. The van der Waals surface area contributed by atoms with Crippen LogP contribution in [0.3, 0.4) is 0 Å². The van der Waals surface area contributed by atoms with E-state index in [4.69, 9.17) is 15.2 Å². The van der Waals surface area contributed by atoms with E-state index in [1.807, 2.05) is 0 Å². The SMILES string of the molecule is CCOC(=O)N1CCc2c(sc(NC(=O)C3CCCN3S(=O)(=O)c3ccc(OC)cc3)c2C(N)=O)C1. The number of methoxy groups -OCH3 is 1. The lowest BCUT2D eigenvalue weighted by Gasteiger charge is -2.26. The Labute approximate surface area is 213 Å². The maximum Gasteiger partial charge on any atom is 0.410 e. The van der Waals surface area contributed by atoms with Gasteiger partial charge in [0.2, 0.25) is 15.9 Å². The second kappa shape index (κ2) is 10.4. The molecule has 1 aromatic carbocycles. The van der Waals surface area contributed by atoms with Crippen molar-refractivity contribution in [3.05, 3.63) is 40.3 Å². The highest BCUT2D eigenvalue weighted by Crippen LogP contribution is 2.38. The lowest BCUT2D eigenvalue weighted by molar-refractivity contribution is -0.119. The lowest BCUT2D eigenvalue weighted by atomic mass is 10.0. The normalized spacial score (nSPS) is 17.9. The van der Waals surface area contributed by atoms with Crippen LogP contribution in [0.25, 0.3) is 0 Å². The molecule has 4 rings (SSSR count). The number of thiophene rings is 1. The van der Waals surface area contributed by atoms with Crippen molar-refractivity contribution in [1.82, 2.24) is 9.21 Å². The van der Waals surface area contributed by atoms with Crippen molar-refractivity contribution in [2.24, 2.45) is 5.73 Å². The minimum absolute atomic E-state index is 0.0615. The second-order valence-corrected chi connectivity index (χ2v) is 11.4. The predicted molar refractivity (Wildman–Crippen MR) is 133 cm³/mol. The third kappa shape index (κ3) is 4.90. The van der Waals surface area contributed by atoms with E-state index >= 15 is 0 Å². The molecule has 3 heterocycles. The van der Waals surface area contributed by atoms with Gasteiger partial charge in [-0.15, -0.1) is 11.3 Å². The van der Waals surface area contributed by atoms with Crippen molar-refractivity contribution in [2.75, 3.05) is 32.1 Å². The summed E-state index contributed by atoms with van der Waals surface area (Å²) in [6.45, 7) is 2.75. The fourth-order valence-electron chi connectivity index (χ4n) is 4.49. The molecule has 0 bridgehead atoms. The first-order chi connectivity index (χ1) is 17.2. The molecular weight excluding hydrogens is 508 g/mol. The second-order valence-electron chi connectivity index (χ2n) is 8.38. The van der Waals surface area contributed by atoms with Crippen molar-refractivity contribution >= 4 is 44.3 Å². The maximum absolute atomic E-state index is 13.3. The Morgan fingerprint density at radius 3 is 2.56 bits per heavy atom. The average Bonchev–Trinajstić information content (AvgIpc) is 3.49. The van der Waals surface area contributed by atoms with E-state index < -0.39 is 34.0 Å². The minimum atomic E-state index is -3.93. The van der Waals surface area contributed by atoms with Gasteiger partial charge in [-0.2, -0.15) is 4.31 Å². The zero-order valence-corrected chi connectivity index (χ0v) is 21.6. The minimum Gasteiger partial charge on any atom is -0.497 e. The molecule has 3 N–H and O–H groups in total. The van der Waals surface area contributed by atoms with E-state index in [-0.39, 0.29) is 35.2 Å². The third-order valence-electron chi connectivity index (χ3n) is 6.24. The molecule has 0 spiro atoms. The van der Waals surface area contributed by atoms with Gasteiger partial charge in [0.05, 0.1) is 30.7 Å². The molecule has 1 saturated heterocycles. The first-order valence-electron chi connectivity index (χ1n) is 11.5. The number of carbonyl (C=O) groups excluding carboxylic acids is 3. The van der Waals surface area contributed by atoms with Crippen LogP contribution in [0.5, 0.6) is 5.75 Å². The van der Waals surface area contributed by atoms with Gasteiger partial charge in [0, 0.05) is 18.0 Å². The molecule has 2 aliphatic rings. The first kappa shape index (κ1) is 25.9. The Hall–Kier alpha value is -3.16. The monoisotopic (exact) mass is 536 g/mol. The molecule has 2 aliphatic heterocycles. The molecule has 1 fully saturated rings. The number of nitrogens with one attached hydrogen (secondary N) is 1. The number of anilines is 1. The van der Waals surface area contributed by atoms with Gasteiger partial charge in [-0.05, 0) is 56.0 Å². The van der Waals surface area contributed by atoms with Crippen LogP contribution in [0.1, 0.15) is 40.6 Å². The number of hydrogen-bond donors (Lipinski definition) is 2. The maximum atomic E-state index is 13.3. The molecule has 1 aromatic heterocycles. The highest BCUT2D eigenvalue weighted by atomic mass is 32.2. The molecule has 36 heavy (non-hydrogen) atoms. The highest BCUT2D eigenvalue weighted by Gasteiger charge is 2.40. The van der Waals surface area contributed by atoms with E-state index in [0.29, 0.717) is 37.1 Å². The summed E-state index contributed by atoms with van der Waals surface area (Å²) in [5, 5.41) is 3.01. The summed E-state index contributed by atoms with van der Waals surface area (Å²) in [5.41, 5.74) is 6.54. The molecule has 11 nitrogen and oxygen atoms in total. The zero-order valence-electron chi connectivity index (χ0n) is 20.0. The molecule has 1 atom stereocenters. The summed E-state index contributed by atoms with van der Waals surface area (Å²) in [5.74, 6) is -0.707. The van der Waals surface area contributed by atoms with Gasteiger partial charge in [-0.25, -0.2) is 13.2 Å². The number of rotatable bonds is 7. The van der Waals surface area contributed by atoms with E-state index in [9.17, 15) is 22.8 Å². The van der Waals surface area contributed by atoms with Crippen LogP contribution in [-0.4, -0.2) is 68.4 Å². The smallest absolute Gasteiger partial charge is 0.410 e. The van der Waals surface area contributed by atoms with Gasteiger partial charge in [0.15, 0.2) is 0 Å². The Morgan fingerprint density at radius 1 is 1.19 bits per heavy atom. The Bertz CT molecular complexity index is 1270. The van der Waals surface area contributed by atoms with Crippen LogP contribution in [-0.2, 0) is 32.5 Å². The fraction of sp³-hybridized carbons (Fsp3) is 0.435. The van der Waals surface area contributed by atoms with Crippen LogP contribution in [0, 0.1) is 0 Å². The Kier molecular flexibility index (Phi) is 7.52. The topological polar surface area (TPSA) is 148 Å². The van der Waals surface area contributed by atoms with Crippen molar-refractivity contribution in [1.29, 1.82) is 0 Å². The van der Waals surface area contributed by atoms with Crippen LogP contribution < -0.4 is 15.8 Å². The number of nitrogens with zero attached hydrogens (tertiary/aromatic N) is 2. The molecule has 0 radical (unpaired) electrons. The molecule has 3 amide bonds. The summed E-state index contributed by atoms with van der Waals surface area (Å²) in [4.78, 5) is 40.0. The molecule has 0 saturated carbocycles. The van der Waals surface area contributed by atoms with Gasteiger partial charge in [-0.3, -0.25) is 9.59 Å². The van der Waals surface area contributed by atoms with Gasteiger partial charge in [0.1, 0.15) is 16.8 Å².